The standard InChI is InChI=1S/C20H21N5O4S/c1-26-16-8-14(9-17(27-2)19(16)28-3)29-10-18-22-23-20-25(18)24-15(11-30-20)12-4-6-13(21)7-5-12/h4-9H,10-11,21H2,1-3H3. The molecule has 4 rings (SSSR count). The number of benzene rings is 2. The van der Waals surface area contributed by atoms with Crippen molar-refractivity contribution in [3.63, 3.8) is 0 Å². The molecular weight excluding hydrogens is 406 g/mol. The SMILES string of the molecule is COc1cc(OCc2nnc3n2N=C(c2ccc(N)cc2)CS3)cc(OC)c1OC. The molecular formula is C20H21N5O4S. The number of methoxy groups -OCH3 is 3. The van der Waals surface area contributed by atoms with E-state index in [-0.39, 0.29) is 6.61 Å². The molecule has 2 N–H and O–H groups in total. The Balaban J connectivity index is 1.57. The molecule has 0 saturated carbocycles. The van der Waals surface area contributed by atoms with Gasteiger partial charge in [-0.3, -0.25) is 0 Å². The molecule has 0 amide bonds. The van der Waals surface area contributed by atoms with Gasteiger partial charge >= 0.3 is 0 Å². The topological polar surface area (TPSA) is 106 Å². The number of fused-ring (bicyclic) bond motifs is 1. The molecule has 0 bridgehead atoms. The quantitative estimate of drug-likeness (QED) is 0.574. The molecule has 0 saturated heterocycles. The summed E-state index contributed by atoms with van der Waals surface area (Å²) < 4.78 is 23.7. The molecule has 10 heteroatoms. The molecule has 9 nitrogen and oxygen atoms in total. The van der Waals surface area contributed by atoms with Gasteiger partial charge in [-0.1, -0.05) is 23.9 Å². The van der Waals surface area contributed by atoms with Crippen LogP contribution in [0.2, 0.25) is 0 Å². The summed E-state index contributed by atoms with van der Waals surface area (Å²) in [6.07, 6.45) is 0. The number of thioether (sulfide) groups is 1. The van der Waals surface area contributed by atoms with Gasteiger partial charge in [0.15, 0.2) is 17.3 Å². The average Bonchev–Trinajstić information content (AvgIpc) is 3.19. The fourth-order valence-electron chi connectivity index (χ4n) is 2.96. The monoisotopic (exact) mass is 427 g/mol. The minimum absolute atomic E-state index is 0.171. The maximum atomic E-state index is 5.92. The van der Waals surface area contributed by atoms with Crippen molar-refractivity contribution in [2.24, 2.45) is 5.10 Å². The normalized spacial score (nSPS) is 12.7. The third-order valence-corrected chi connectivity index (χ3v) is 5.42. The van der Waals surface area contributed by atoms with E-state index in [0.29, 0.717) is 40.3 Å². The summed E-state index contributed by atoms with van der Waals surface area (Å²) in [5, 5.41) is 13.9. The van der Waals surface area contributed by atoms with Crippen molar-refractivity contribution in [1.29, 1.82) is 0 Å². The summed E-state index contributed by atoms with van der Waals surface area (Å²) in [5.41, 5.74) is 8.42. The highest BCUT2D eigenvalue weighted by molar-refractivity contribution is 7.99. The Kier molecular flexibility index (Phi) is 5.66. The second-order valence-corrected chi connectivity index (χ2v) is 7.26. The minimum atomic E-state index is 0.171. The van der Waals surface area contributed by atoms with Crippen LogP contribution in [-0.2, 0) is 6.61 Å². The fourth-order valence-corrected chi connectivity index (χ4v) is 3.82. The van der Waals surface area contributed by atoms with Crippen LogP contribution in [-0.4, -0.2) is 47.7 Å². The van der Waals surface area contributed by atoms with Crippen molar-refractivity contribution < 1.29 is 18.9 Å². The lowest BCUT2D eigenvalue weighted by Crippen LogP contribution is -2.15. The van der Waals surface area contributed by atoms with E-state index in [1.807, 2.05) is 24.3 Å². The van der Waals surface area contributed by atoms with Gasteiger partial charge in [-0.2, -0.15) is 9.78 Å². The van der Waals surface area contributed by atoms with Crippen LogP contribution in [0.3, 0.4) is 0 Å². The molecule has 0 unspecified atom stereocenters. The number of nitrogen functional groups attached to an aromatic ring is 1. The summed E-state index contributed by atoms with van der Waals surface area (Å²) >= 11 is 1.57. The van der Waals surface area contributed by atoms with Crippen LogP contribution in [0.4, 0.5) is 5.69 Å². The number of aromatic nitrogens is 3. The van der Waals surface area contributed by atoms with E-state index in [4.69, 9.17) is 29.8 Å². The largest absolute Gasteiger partial charge is 0.493 e. The minimum Gasteiger partial charge on any atom is -0.493 e. The first kappa shape index (κ1) is 19.9. The molecule has 0 radical (unpaired) electrons. The van der Waals surface area contributed by atoms with Crippen LogP contribution < -0.4 is 24.7 Å². The van der Waals surface area contributed by atoms with E-state index < -0.39 is 0 Å². The summed E-state index contributed by atoms with van der Waals surface area (Å²) in [5.74, 6) is 3.35. The lowest BCUT2D eigenvalue weighted by Gasteiger charge is -2.16. The predicted molar refractivity (Wildman–Crippen MR) is 114 cm³/mol. The zero-order valence-electron chi connectivity index (χ0n) is 16.8. The number of hydrogen-bond acceptors (Lipinski definition) is 9. The van der Waals surface area contributed by atoms with Crippen LogP contribution in [0.15, 0.2) is 46.7 Å². The van der Waals surface area contributed by atoms with Gasteiger partial charge < -0.3 is 24.7 Å². The summed E-state index contributed by atoms with van der Waals surface area (Å²) in [6, 6.07) is 11.1. The van der Waals surface area contributed by atoms with Crippen molar-refractivity contribution in [3.05, 3.63) is 47.8 Å². The smallest absolute Gasteiger partial charge is 0.212 e. The molecule has 3 aromatic rings. The highest BCUT2D eigenvalue weighted by Crippen LogP contribution is 2.41. The Morgan fingerprint density at radius 1 is 1.00 bits per heavy atom. The molecule has 30 heavy (non-hydrogen) atoms. The predicted octanol–water partition coefficient (Wildman–Crippen LogP) is 2.82. The lowest BCUT2D eigenvalue weighted by atomic mass is 10.1. The first-order valence-electron chi connectivity index (χ1n) is 9.06. The Bertz CT molecular complexity index is 1060. The molecule has 1 aliphatic heterocycles. The number of rotatable bonds is 7. The molecule has 0 atom stereocenters. The number of nitrogens with zero attached hydrogens (tertiary/aromatic N) is 4. The first-order chi connectivity index (χ1) is 14.6. The van der Waals surface area contributed by atoms with E-state index in [2.05, 4.69) is 10.2 Å². The van der Waals surface area contributed by atoms with Gasteiger partial charge in [0, 0.05) is 23.6 Å². The zero-order chi connectivity index (χ0) is 21.1. The average molecular weight is 427 g/mol. The van der Waals surface area contributed by atoms with Crippen molar-refractivity contribution in [2.45, 2.75) is 11.8 Å². The number of nitrogens with two attached hydrogens (primary N) is 1. The Hall–Kier alpha value is -3.40. The third kappa shape index (κ3) is 3.86. The van der Waals surface area contributed by atoms with Crippen molar-refractivity contribution >= 4 is 23.2 Å². The number of ether oxygens (including phenoxy) is 4. The molecule has 2 aromatic carbocycles. The second kappa shape index (κ2) is 8.54. The van der Waals surface area contributed by atoms with Crippen molar-refractivity contribution in [1.82, 2.24) is 14.9 Å². The van der Waals surface area contributed by atoms with Crippen molar-refractivity contribution in [3.8, 4) is 23.0 Å². The van der Waals surface area contributed by atoms with Gasteiger partial charge in [0.2, 0.25) is 10.9 Å². The summed E-state index contributed by atoms with van der Waals surface area (Å²) in [7, 11) is 4.67. The van der Waals surface area contributed by atoms with E-state index >= 15 is 0 Å². The molecule has 0 aliphatic carbocycles. The lowest BCUT2D eigenvalue weighted by molar-refractivity contribution is 0.279. The van der Waals surface area contributed by atoms with E-state index in [1.54, 1.807) is 49.9 Å². The molecule has 0 spiro atoms. The fraction of sp³-hybridized carbons (Fsp3) is 0.250. The highest BCUT2D eigenvalue weighted by atomic mass is 32.2. The number of hydrogen-bond donors (Lipinski definition) is 1. The summed E-state index contributed by atoms with van der Waals surface area (Å²) in [4.78, 5) is 0. The van der Waals surface area contributed by atoms with E-state index in [1.165, 1.54) is 0 Å². The first-order valence-corrected chi connectivity index (χ1v) is 10.0. The van der Waals surface area contributed by atoms with Gasteiger partial charge in [-0.05, 0) is 17.7 Å². The molecule has 1 aromatic heterocycles. The Morgan fingerprint density at radius 3 is 2.33 bits per heavy atom. The maximum absolute atomic E-state index is 5.92. The van der Waals surface area contributed by atoms with Crippen LogP contribution in [0.25, 0.3) is 0 Å². The summed E-state index contributed by atoms with van der Waals surface area (Å²) in [6.45, 7) is 0.171. The van der Waals surface area contributed by atoms with Gasteiger partial charge in [-0.25, -0.2) is 0 Å². The molecule has 2 heterocycles. The van der Waals surface area contributed by atoms with E-state index in [9.17, 15) is 0 Å². The van der Waals surface area contributed by atoms with Gasteiger partial charge in [-0.15, -0.1) is 10.2 Å². The zero-order valence-corrected chi connectivity index (χ0v) is 17.6. The van der Waals surface area contributed by atoms with Crippen LogP contribution in [0.1, 0.15) is 11.4 Å². The van der Waals surface area contributed by atoms with Crippen LogP contribution >= 0.6 is 11.8 Å². The third-order valence-electron chi connectivity index (χ3n) is 4.49. The van der Waals surface area contributed by atoms with Gasteiger partial charge in [0.25, 0.3) is 0 Å². The maximum Gasteiger partial charge on any atom is 0.212 e. The Morgan fingerprint density at radius 2 is 1.70 bits per heavy atom. The van der Waals surface area contributed by atoms with Gasteiger partial charge in [0.05, 0.1) is 27.0 Å². The van der Waals surface area contributed by atoms with Gasteiger partial charge in [0.1, 0.15) is 12.4 Å². The van der Waals surface area contributed by atoms with E-state index in [0.717, 1.165) is 16.4 Å². The van der Waals surface area contributed by atoms with Crippen LogP contribution in [0.5, 0.6) is 23.0 Å². The van der Waals surface area contributed by atoms with Crippen LogP contribution in [0, 0.1) is 0 Å². The molecule has 1 aliphatic rings. The Labute approximate surface area is 177 Å². The molecule has 0 fully saturated rings. The second-order valence-electron chi connectivity index (χ2n) is 6.32. The highest BCUT2D eigenvalue weighted by Gasteiger charge is 2.21. The molecule has 156 valence electrons. The number of anilines is 1. The van der Waals surface area contributed by atoms with Crippen molar-refractivity contribution in [2.75, 3.05) is 32.8 Å².